The monoisotopic (exact) mass is 501 g/mol. The molecule has 8 heteroatoms. The van der Waals surface area contributed by atoms with Gasteiger partial charge in [0.05, 0.1) is 32.2 Å². The van der Waals surface area contributed by atoms with E-state index in [2.05, 4.69) is 15.0 Å². The number of rotatable bonds is 14. The first-order valence-electron chi connectivity index (χ1n) is 12.3. The zero-order chi connectivity index (χ0) is 26.3. The average molecular weight is 502 g/mol. The van der Waals surface area contributed by atoms with E-state index in [4.69, 9.17) is 25.7 Å². The van der Waals surface area contributed by atoms with Gasteiger partial charge in [0, 0.05) is 17.7 Å². The average Bonchev–Trinajstić information content (AvgIpc) is 2.92. The third-order valence-electron chi connectivity index (χ3n) is 5.47. The molecule has 1 heterocycles. The van der Waals surface area contributed by atoms with Crippen molar-refractivity contribution in [3.63, 3.8) is 0 Å². The maximum atomic E-state index is 5.92. The van der Waals surface area contributed by atoms with Gasteiger partial charge in [-0.05, 0) is 61.8 Å². The molecule has 0 unspecified atom stereocenters. The van der Waals surface area contributed by atoms with Gasteiger partial charge in [-0.15, -0.1) is 0 Å². The molecule has 0 amide bonds. The van der Waals surface area contributed by atoms with Gasteiger partial charge in [0.15, 0.2) is 5.96 Å². The molecular weight excluding hydrogens is 466 g/mol. The number of nitrogens with two attached hydrogens (primary N) is 2. The number of methoxy groups -OCH3 is 2. The van der Waals surface area contributed by atoms with E-state index in [1.165, 1.54) is 0 Å². The van der Waals surface area contributed by atoms with Crippen molar-refractivity contribution >= 4 is 30.3 Å². The molecule has 3 aromatic rings. The summed E-state index contributed by atoms with van der Waals surface area (Å²) in [5, 5.41) is 0. The van der Waals surface area contributed by atoms with Crippen LogP contribution < -0.4 is 25.7 Å². The highest BCUT2D eigenvalue weighted by Crippen LogP contribution is 2.22. The van der Waals surface area contributed by atoms with Gasteiger partial charge in [0.1, 0.15) is 11.5 Å². The van der Waals surface area contributed by atoms with Crippen LogP contribution in [0.25, 0.3) is 24.3 Å². The van der Waals surface area contributed by atoms with Crippen LogP contribution in [0, 0.1) is 0 Å². The van der Waals surface area contributed by atoms with Crippen LogP contribution in [0.4, 0.5) is 0 Å². The van der Waals surface area contributed by atoms with E-state index in [-0.39, 0.29) is 5.96 Å². The third-order valence-corrected chi connectivity index (χ3v) is 5.47. The SMILES string of the molecule is COc1ccccc1C=Cc1cc(C=Cc2ccccc2OC)nc(OCCCCCCN=C(N)N)n1. The van der Waals surface area contributed by atoms with Gasteiger partial charge in [-0.2, -0.15) is 9.97 Å². The lowest BCUT2D eigenvalue weighted by atomic mass is 10.1. The molecule has 194 valence electrons. The summed E-state index contributed by atoms with van der Waals surface area (Å²) in [7, 11) is 3.32. The van der Waals surface area contributed by atoms with Crippen LogP contribution in [0.3, 0.4) is 0 Å². The fraction of sp³-hybridized carbons (Fsp3) is 0.276. The first-order chi connectivity index (χ1) is 18.1. The predicted octanol–water partition coefficient (Wildman–Crippen LogP) is 5.05. The summed E-state index contributed by atoms with van der Waals surface area (Å²) in [6, 6.07) is 17.9. The summed E-state index contributed by atoms with van der Waals surface area (Å²) in [5.41, 5.74) is 14.1. The summed E-state index contributed by atoms with van der Waals surface area (Å²) in [6.45, 7) is 1.17. The fourth-order valence-corrected chi connectivity index (χ4v) is 3.59. The van der Waals surface area contributed by atoms with E-state index < -0.39 is 0 Å². The van der Waals surface area contributed by atoms with Crippen molar-refractivity contribution in [1.82, 2.24) is 9.97 Å². The first-order valence-corrected chi connectivity index (χ1v) is 12.3. The van der Waals surface area contributed by atoms with Gasteiger partial charge in [0.2, 0.25) is 0 Å². The number of aromatic nitrogens is 2. The van der Waals surface area contributed by atoms with Gasteiger partial charge >= 0.3 is 6.01 Å². The number of nitrogens with zero attached hydrogens (tertiary/aromatic N) is 3. The van der Waals surface area contributed by atoms with Crippen molar-refractivity contribution in [2.24, 2.45) is 16.5 Å². The standard InChI is InChI=1S/C29H35N5O3/c1-35-26-13-7-5-11-22(26)15-17-24-21-25(18-16-23-12-6-8-14-27(23)36-2)34-29(33-24)37-20-10-4-3-9-19-32-28(30)31/h5-8,11-18,21H,3-4,9-10,19-20H2,1-2H3,(H4,30,31,32). The summed E-state index contributed by atoms with van der Waals surface area (Å²) in [5.74, 6) is 1.72. The Bertz CT molecular complexity index is 1140. The maximum absolute atomic E-state index is 5.92. The number of ether oxygens (including phenoxy) is 3. The smallest absolute Gasteiger partial charge is 0.317 e. The summed E-state index contributed by atoms with van der Waals surface area (Å²) < 4.78 is 16.8. The minimum Gasteiger partial charge on any atom is -0.496 e. The van der Waals surface area contributed by atoms with Crippen LogP contribution in [-0.4, -0.2) is 43.3 Å². The van der Waals surface area contributed by atoms with Crippen molar-refractivity contribution in [2.45, 2.75) is 25.7 Å². The molecule has 2 aromatic carbocycles. The molecule has 0 atom stereocenters. The molecule has 4 N–H and O–H groups in total. The van der Waals surface area contributed by atoms with Crippen LogP contribution in [0.1, 0.15) is 48.2 Å². The Morgan fingerprint density at radius 1 is 0.757 bits per heavy atom. The van der Waals surface area contributed by atoms with Crippen LogP contribution >= 0.6 is 0 Å². The zero-order valence-corrected chi connectivity index (χ0v) is 21.5. The Hall–Kier alpha value is -4.33. The number of hydrogen-bond donors (Lipinski definition) is 2. The molecule has 8 nitrogen and oxygen atoms in total. The molecule has 3 rings (SSSR count). The Balaban J connectivity index is 1.73. The second kappa shape index (κ2) is 14.9. The van der Waals surface area contributed by atoms with Crippen molar-refractivity contribution < 1.29 is 14.2 Å². The summed E-state index contributed by atoms with van der Waals surface area (Å²) in [4.78, 5) is 13.2. The number of para-hydroxylation sites is 2. The molecule has 0 fully saturated rings. The molecule has 0 bridgehead atoms. The number of guanidine groups is 1. The Kier molecular flexibility index (Phi) is 11.0. The Morgan fingerprint density at radius 2 is 1.30 bits per heavy atom. The third kappa shape index (κ3) is 9.33. The molecule has 0 saturated carbocycles. The normalized spacial score (nSPS) is 11.1. The van der Waals surface area contributed by atoms with Crippen molar-refractivity contribution in [1.29, 1.82) is 0 Å². The lowest BCUT2D eigenvalue weighted by Gasteiger charge is -2.07. The Morgan fingerprint density at radius 3 is 1.84 bits per heavy atom. The van der Waals surface area contributed by atoms with Crippen LogP contribution in [0.2, 0.25) is 0 Å². The highest BCUT2D eigenvalue weighted by Gasteiger charge is 2.05. The molecule has 0 saturated heterocycles. The van der Waals surface area contributed by atoms with E-state index in [1.54, 1.807) is 14.2 Å². The van der Waals surface area contributed by atoms with Gasteiger partial charge in [0.25, 0.3) is 0 Å². The van der Waals surface area contributed by atoms with Crippen LogP contribution in [0.15, 0.2) is 59.6 Å². The van der Waals surface area contributed by atoms with Crippen molar-refractivity contribution in [2.75, 3.05) is 27.4 Å². The van der Waals surface area contributed by atoms with E-state index in [9.17, 15) is 0 Å². The highest BCUT2D eigenvalue weighted by atomic mass is 16.5. The van der Waals surface area contributed by atoms with Gasteiger partial charge < -0.3 is 25.7 Å². The lowest BCUT2D eigenvalue weighted by molar-refractivity contribution is 0.281. The fourth-order valence-electron chi connectivity index (χ4n) is 3.59. The molecular formula is C29H35N5O3. The van der Waals surface area contributed by atoms with E-state index in [0.29, 0.717) is 19.2 Å². The van der Waals surface area contributed by atoms with E-state index >= 15 is 0 Å². The van der Waals surface area contributed by atoms with Crippen molar-refractivity contribution in [3.05, 3.63) is 77.1 Å². The quantitative estimate of drug-likeness (QED) is 0.180. The number of hydrogen-bond acceptors (Lipinski definition) is 6. The van der Waals surface area contributed by atoms with Gasteiger partial charge in [-0.25, -0.2) is 0 Å². The zero-order valence-electron chi connectivity index (χ0n) is 21.5. The second-order valence-corrected chi connectivity index (χ2v) is 8.22. The largest absolute Gasteiger partial charge is 0.496 e. The number of aliphatic imine (C=N–C) groups is 1. The van der Waals surface area contributed by atoms with Crippen LogP contribution in [-0.2, 0) is 0 Å². The molecule has 0 aliphatic carbocycles. The minimum atomic E-state index is 0.135. The van der Waals surface area contributed by atoms with E-state index in [0.717, 1.165) is 59.7 Å². The molecule has 0 radical (unpaired) electrons. The second-order valence-electron chi connectivity index (χ2n) is 8.22. The number of benzene rings is 2. The minimum absolute atomic E-state index is 0.135. The molecule has 1 aromatic heterocycles. The lowest BCUT2D eigenvalue weighted by Crippen LogP contribution is -2.22. The van der Waals surface area contributed by atoms with E-state index in [1.807, 2.05) is 78.9 Å². The summed E-state index contributed by atoms with van der Waals surface area (Å²) >= 11 is 0. The topological polar surface area (TPSA) is 118 Å². The first kappa shape index (κ1) is 27.3. The maximum Gasteiger partial charge on any atom is 0.317 e. The molecule has 0 spiro atoms. The van der Waals surface area contributed by atoms with Crippen LogP contribution in [0.5, 0.6) is 17.5 Å². The molecule has 0 aliphatic heterocycles. The molecule has 0 aliphatic rings. The van der Waals surface area contributed by atoms with Crippen molar-refractivity contribution in [3.8, 4) is 17.5 Å². The predicted molar refractivity (Wildman–Crippen MR) is 151 cm³/mol. The molecule has 37 heavy (non-hydrogen) atoms. The van der Waals surface area contributed by atoms with Gasteiger partial charge in [-0.1, -0.05) is 42.8 Å². The van der Waals surface area contributed by atoms with Gasteiger partial charge in [-0.3, -0.25) is 4.99 Å². The summed E-state index contributed by atoms with van der Waals surface area (Å²) in [6.07, 6.45) is 11.6. The number of unbranched alkanes of at least 4 members (excludes halogenated alkanes) is 3. The highest BCUT2D eigenvalue weighted by molar-refractivity contribution is 5.76. The Labute approximate surface area is 218 Å².